The zero-order valence-electron chi connectivity index (χ0n) is 25.0. The first-order chi connectivity index (χ1) is 20.0. The quantitative estimate of drug-likeness (QED) is 0.290. The molecule has 0 saturated carbocycles. The molecule has 0 aliphatic carbocycles. The van der Waals surface area contributed by atoms with E-state index < -0.39 is 11.4 Å². The highest BCUT2D eigenvalue weighted by Crippen LogP contribution is 2.37. The lowest BCUT2D eigenvalue weighted by Crippen LogP contribution is -2.52. The fourth-order valence-corrected chi connectivity index (χ4v) is 6.08. The topological polar surface area (TPSA) is 89.0 Å². The number of hydrogen-bond acceptors (Lipinski definition) is 9. The summed E-state index contributed by atoms with van der Waals surface area (Å²) in [4.78, 5) is 16.6. The number of piperidine rings is 1. The van der Waals surface area contributed by atoms with Crippen LogP contribution in [0.1, 0.15) is 37.8 Å². The number of piperazine rings is 1. The molecule has 0 amide bonds. The molecule has 11 heteroatoms. The van der Waals surface area contributed by atoms with Crippen LogP contribution in [0.25, 0.3) is 0 Å². The number of rotatable bonds is 8. The van der Waals surface area contributed by atoms with Crippen LogP contribution in [-0.2, 0) is 5.60 Å². The van der Waals surface area contributed by atoms with Gasteiger partial charge in [-0.2, -0.15) is 4.98 Å². The van der Waals surface area contributed by atoms with E-state index in [0.29, 0.717) is 33.5 Å². The molecule has 2 fully saturated rings. The van der Waals surface area contributed by atoms with Gasteiger partial charge >= 0.3 is 0 Å². The van der Waals surface area contributed by atoms with Crippen molar-refractivity contribution in [2.75, 3.05) is 69.0 Å². The van der Waals surface area contributed by atoms with E-state index in [9.17, 15) is 9.50 Å². The Hall–Kier alpha value is -2.99. The van der Waals surface area contributed by atoms with Crippen molar-refractivity contribution in [3.63, 3.8) is 0 Å². The maximum atomic E-state index is 14.1. The number of methoxy groups -OCH3 is 1. The van der Waals surface area contributed by atoms with Gasteiger partial charge in [0.05, 0.1) is 22.9 Å². The van der Waals surface area contributed by atoms with E-state index in [1.165, 1.54) is 12.1 Å². The molecule has 1 aromatic heterocycles. The molecular weight excluding hydrogens is 601 g/mol. The lowest BCUT2D eigenvalue weighted by molar-refractivity contribution is 0.0793. The predicted molar refractivity (Wildman–Crippen MR) is 170 cm³/mol. The molecule has 3 heterocycles. The van der Waals surface area contributed by atoms with Crippen molar-refractivity contribution in [2.24, 2.45) is 0 Å². The van der Waals surface area contributed by atoms with Crippen LogP contribution >= 0.6 is 15.9 Å². The number of nitrogens with one attached hydrogen (secondary N) is 2. The van der Waals surface area contributed by atoms with Gasteiger partial charge in [0.15, 0.2) is 0 Å². The van der Waals surface area contributed by atoms with Gasteiger partial charge in [-0.3, -0.25) is 4.90 Å². The summed E-state index contributed by atoms with van der Waals surface area (Å²) in [6, 6.07) is 9.05. The predicted octanol–water partition coefficient (Wildman–Crippen LogP) is 5.63. The molecule has 3 N–H and O–H groups in total. The lowest BCUT2D eigenvalue weighted by Gasteiger charge is -2.42. The van der Waals surface area contributed by atoms with Crippen molar-refractivity contribution in [1.82, 2.24) is 19.8 Å². The maximum Gasteiger partial charge on any atom is 0.229 e. The third-order valence-corrected chi connectivity index (χ3v) is 8.85. The van der Waals surface area contributed by atoms with Crippen molar-refractivity contribution in [2.45, 2.75) is 45.3 Å². The summed E-state index contributed by atoms with van der Waals surface area (Å²) in [7, 11) is 3.90. The fraction of sp³-hybridized carbons (Fsp3) is 0.484. The molecule has 0 spiro atoms. The second-order valence-corrected chi connectivity index (χ2v) is 12.6. The molecule has 2 aromatic carbocycles. The molecule has 2 saturated heterocycles. The van der Waals surface area contributed by atoms with Crippen LogP contribution in [0.15, 0.2) is 41.0 Å². The van der Waals surface area contributed by atoms with Gasteiger partial charge in [-0.1, -0.05) is 6.07 Å². The number of aliphatic hydroxyl groups is 1. The molecule has 0 unspecified atom stereocenters. The van der Waals surface area contributed by atoms with Crippen LogP contribution in [0, 0.1) is 12.7 Å². The highest BCUT2D eigenvalue weighted by molar-refractivity contribution is 9.10. The Balaban J connectivity index is 1.31. The first-order valence-electron chi connectivity index (χ1n) is 14.5. The lowest BCUT2D eigenvalue weighted by atomic mass is 9.96. The Morgan fingerprint density at radius 2 is 1.74 bits per heavy atom. The molecule has 226 valence electrons. The third kappa shape index (κ3) is 6.96. The smallest absolute Gasteiger partial charge is 0.229 e. The van der Waals surface area contributed by atoms with E-state index in [1.54, 1.807) is 33.2 Å². The zero-order valence-corrected chi connectivity index (χ0v) is 26.6. The first-order valence-corrected chi connectivity index (χ1v) is 15.3. The van der Waals surface area contributed by atoms with Gasteiger partial charge in [0.2, 0.25) is 5.95 Å². The Morgan fingerprint density at radius 3 is 2.40 bits per heavy atom. The normalized spacial score (nSPS) is 17.4. The van der Waals surface area contributed by atoms with Gasteiger partial charge in [0.25, 0.3) is 0 Å². The average Bonchev–Trinajstić information content (AvgIpc) is 2.95. The Morgan fingerprint density at radius 1 is 1.02 bits per heavy atom. The van der Waals surface area contributed by atoms with Gasteiger partial charge < -0.3 is 30.3 Å². The minimum atomic E-state index is -1.17. The molecule has 9 nitrogen and oxygen atoms in total. The third-order valence-electron chi connectivity index (χ3n) is 8.27. The fourth-order valence-electron chi connectivity index (χ4n) is 5.79. The summed E-state index contributed by atoms with van der Waals surface area (Å²) in [6.07, 6.45) is 3.93. The SMILES string of the molecule is COc1cc(Nc2ncc(Br)c(Nc3cc(F)ccc3C(C)(C)O)n2)c(C)cc1N1CCC(N2CCN(C)CC2)CC1. The van der Waals surface area contributed by atoms with Crippen molar-refractivity contribution in [3.05, 3.63) is 57.9 Å². The van der Waals surface area contributed by atoms with Crippen LogP contribution < -0.4 is 20.3 Å². The first kappa shape index (κ1) is 30.5. The van der Waals surface area contributed by atoms with Crippen LogP contribution in [0.3, 0.4) is 0 Å². The number of aromatic nitrogens is 2. The number of benzene rings is 2. The molecule has 0 bridgehead atoms. The Labute approximate surface area is 256 Å². The van der Waals surface area contributed by atoms with E-state index >= 15 is 0 Å². The van der Waals surface area contributed by atoms with Gasteiger partial charge in [-0.15, -0.1) is 0 Å². The van der Waals surface area contributed by atoms with E-state index in [0.717, 1.165) is 74.8 Å². The van der Waals surface area contributed by atoms with Gasteiger partial charge in [0.1, 0.15) is 17.4 Å². The van der Waals surface area contributed by atoms with E-state index in [2.05, 4.69) is 71.3 Å². The second kappa shape index (κ2) is 12.7. The van der Waals surface area contributed by atoms with Crippen molar-refractivity contribution in [1.29, 1.82) is 0 Å². The molecule has 0 atom stereocenters. The molecule has 42 heavy (non-hydrogen) atoms. The number of ether oxygens (including phenoxy) is 1. The van der Waals surface area contributed by atoms with E-state index in [1.807, 2.05) is 6.07 Å². The van der Waals surface area contributed by atoms with Crippen LogP contribution in [0.4, 0.5) is 33.2 Å². The minimum Gasteiger partial charge on any atom is -0.495 e. The summed E-state index contributed by atoms with van der Waals surface area (Å²) in [5, 5.41) is 17.1. The molecule has 2 aliphatic heterocycles. The maximum absolute atomic E-state index is 14.1. The average molecular weight is 643 g/mol. The minimum absolute atomic E-state index is 0.368. The van der Waals surface area contributed by atoms with E-state index in [4.69, 9.17) is 4.74 Å². The number of nitrogens with zero attached hydrogens (tertiary/aromatic N) is 5. The molecule has 0 radical (unpaired) electrons. The summed E-state index contributed by atoms with van der Waals surface area (Å²) in [5.74, 6) is 1.19. The highest BCUT2D eigenvalue weighted by atomic mass is 79.9. The molecule has 2 aliphatic rings. The summed E-state index contributed by atoms with van der Waals surface area (Å²) >= 11 is 3.49. The van der Waals surface area contributed by atoms with Gasteiger partial charge in [-0.05, 0) is 80.4 Å². The largest absolute Gasteiger partial charge is 0.495 e. The van der Waals surface area contributed by atoms with Crippen molar-refractivity contribution in [3.8, 4) is 5.75 Å². The van der Waals surface area contributed by atoms with Crippen molar-refractivity contribution >= 4 is 44.8 Å². The molecule has 3 aromatic rings. The highest BCUT2D eigenvalue weighted by Gasteiger charge is 2.28. The van der Waals surface area contributed by atoms with Crippen LogP contribution in [0.5, 0.6) is 5.75 Å². The number of anilines is 5. The molecular formula is C31H41BrFN7O2. The van der Waals surface area contributed by atoms with Crippen LogP contribution in [-0.4, -0.2) is 84.3 Å². The van der Waals surface area contributed by atoms with Gasteiger partial charge in [-0.25, -0.2) is 9.37 Å². The number of aryl methyl sites for hydroxylation is 1. The monoisotopic (exact) mass is 641 g/mol. The van der Waals surface area contributed by atoms with Crippen molar-refractivity contribution < 1.29 is 14.2 Å². The van der Waals surface area contributed by atoms with Crippen LogP contribution in [0.2, 0.25) is 0 Å². The second-order valence-electron chi connectivity index (χ2n) is 11.8. The number of halogens is 2. The number of likely N-dealkylation sites (N-methyl/N-ethyl adjacent to an activating group) is 1. The standard InChI is InChI=1S/C31H41BrFN7O2/c1-20-16-27(40-10-8-22(9-11-40)39-14-12-38(4)13-15-39)28(42-5)18-25(20)36-30-34-19-24(32)29(37-30)35-26-17-21(33)6-7-23(26)31(2,3)41/h6-7,16-19,22,41H,8-15H2,1-5H3,(H2,34,35,36,37). The summed E-state index contributed by atoms with van der Waals surface area (Å²) in [5.41, 5.74) is 2.77. The molecule has 5 rings (SSSR count). The summed E-state index contributed by atoms with van der Waals surface area (Å²) in [6.45, 7) is 12.0. The Kier molecular flexibility index (Phi) is 9.22. The van der Waals surface area contributed by atoms with Gasteiger partial charge in [0, 0.05) is 74.5 Å². The van der Waals surface area contributed by atoms with E-state index in [-0.39, 0.29) is 0 Å². The Bertz CT molecular complexity index is 1400. The number of hydrogen-bond donors (Lipinski definition) is 3. The zero-order chi connectivity index (χ0) is 30.0. The summed E-state index contributed by atoms with van der Waals surface area (Å²) < 4.78 is 20.6.